The highest BCUT2D eigenvalue weighted by Gasteiger charge is 2.46. The molecule has 2 unspecified atom stereocenters. The third-order valence-electron chi connectivity index (χ3n) is 7.12. The zero-order valence-electron chi connectivity index (χ0n) is 23.0. The van der Waals surface area contributed by atoms with Gasteiger partial charge in [0.25, 0.3) is 0 Å². The second-order valence-corrected chi connectivity index (χ2v) is 10.2. The molecule has 1 heterocycles. The maximum absolute atomic E-state index is 6.65. The standard InChI is InChI=1S/C35H38O5/c1-27-33(37-23-29-16-8-3-9-17-29)35(39-25-31-20-12-5-13-21-31)34(38-24-30-18-10-4-11-19-30)32(40-27)26-36-22-28-14-6-2-7-15-28/h2-21,27,32-35H,22-26H2,1H3/t27-,32?,33?,34+,35+/m0/s1. The van der Waals surface area contributed by atoms with Gasteiger partial charge in [-0.1, -0.05) is 121 Å². The van der Waals surface area contributed by atoms with E-state index in [1.165, 1.54) is 0 Å². The molecular weight excluding hydrogens is 500 g/mol. The Hall–Kier alpha value is -3.32. The molecule has 0 spiro atoms. The van der Waals surface area contributed by atoms with Crippen LogP contribution in [-0.2, 0) is 50.1 Å². The van der Waals surface area contributed by atoms with E-state index in [0.717, 1.165) is 22.3 Å². The molecule has 5 heteroatoms. The van der Waals surface area contributed by atoms with Crippen LogP contribution >= 0.6 is 0 Å². The van der Waals surface area contributed by atoms with Crippen LogP contribution in [-0.4, -0.2) is 37.1 Å². The lowest BCUT2D eigenvalue weighted by Crippen LogP contribution is -2.60. The topological polar surface area (TPSA) is 46.2 Å². The van der Waals surface area contributed by atoms with Crippen LogP contribution in [0.2, 0.25) is 0 Å². The molecule has 4 aromatic carbocycles. The van der Waals surface area contributed by atoms with Gasteiger partial charge in [0.15, 0.2) is 0 Å². The molecule has 0 saturated carbocycles. The Morgan fingerprint density at radius 3 is 1.30 bits per heavy atom. The highest BCUT2D eigenvalue weighted by Crippen LogP contribution is 2.30. The summed E-state index contributed by atoms with van der Waals surface area (Å²) in [6, 6.07) is 40.8. The van der Waals surface area contributed by atoms with Gasteiger partial charge < -0.3 is 23.7 Å². The maximum atomic E-state index is 6.65. The summed E-state index contributed by atoms with van der Waals surface area (Å²) in [6.45, 7) is 4.29. The molecule has 0 aromatic heterocycles. The second-order valence-electron chi connectivity index (χ2n) is 10.2. The molecule has 208 valence electrons. The summed E-state index contributed by atoms with van der Waals surface area (Å²) in [6.07, 6.45) is -1.61. The molecule has 0 aliphatic carbocycles. The molecule has 0 N–H and O–H groups in total. The Labute approximate surface area is 237 Å². The normalized spacial score (nSPS) is 22.7. The first kappa shape index (κ1) is 28.2. The minimum atomic E-state index is -0.392. The molecule has 0 radical (unpaired) electrons. The van der Waals surface area contributed by atoms with Crippen molar-refractivity contribution in [2.75, 3.05) is 6.61 Å². The van der Waals surface area contributed by atoms with Crippen molar-refractivity contribution in [2.24, 2.45) is 0 Å². The minimum absolute atomic E-state index is 0.216. The highest BCUT2D eigenvalue weighted by atomic mass is 16.6. The number of hydrogen-bond acceptors (Lipinski definition) is 5. The third kappa shape index (κ3) is 8.10. The van der Waals surface area contributed by atoms with E-state index < -0.39 is 6.10 Å². The molecule has 0 amide bonds. The Morgan fingerprint density at radius 1 is 0.475 bits per heavy atom. The molecule has 40 heavy (non-hydrogen) atoms. The van der Waals surface area contributed by atoms with E-state index in [4.69, 9.17) is 23.7 Å². The van der Waals surface area contributed by atoms with E-state index in [-0.39, 0.29) is 24.4 Å². The van der Waals surface area contributed by atoms with Gasteiger partial charge in [-0.15, -0.1) is 0 Å². The average Bonchev–Trinajstić information content (AvgIpc) is 3.01. The number of rotatable bonds is 13. The number of ether oxygens (including phenoxy) is 5. The molecule has 4 aromatic rings. The number of benzene rings is 4. The van der Waals surface area contributed by atoms with Gasteiger partial charge in [0.2, 0.25) is 0 Å². The van der Waals surface area contributed by atoms with Crippen LogP contribution in [0, 0.1) is 0 Å². The Balaban J connectivity index is 1.36. The van der Waals surface area contributed by atoms with Gasteiger partial charge in [-0.2, -0.15) is 0 Å². The lowest BCUT2D eigenvalue weighted by atomic mass is 9.94. The van der Waals surface area contributed by atoms with Crippen molar-refractivity contribution in [3.63, 3.8) is 0 Å². The Bertz CT molecular complexity index is 1240. The smallest absolute Gasteiger partial charge is 0.115 e. The van der Waals surface area contributed by atoms with Crippen molar-refractivity contribution in [3.8, 4) is 0 Å². The SMILES string of the molecule is C[C@@H]1OC(COCc2ccccc2)[C@@H](OCc2ccccc2)[C@H](OCc2ccccc2)C1OCc1ccccc1. The highest BCUT2D eigenvalue weighted by molar-refractivity contribution is 5.16. The molecule has 1 saturated heterocycles. The van der Waals surface area contributed by atoms with Crippen molar-refractivity contribution in [1.82, 2.24) is 0 Å². The van der Waals surface area contributed by atoms with Gasteiger partial charge in [-0.25, -0.2) is 0 Å². The first-order valence-corrected chi connectivity index (χ1v) is 14.0. The molecule has 5 rings (SSSR count). The fourth-order valence-electron chi connectivity index (χ4n) is 5.02. The first-order valence-electron chi connectivity index (χ1n) is 14.0. The van der Waals surface area contributed by atoms with Crippen LogP contribution in [0.25, 0.3) is 0 Å². The van der Waals surface area contributed by atoms with Crippen LogP contribution in [0.3, 0.4) is 0 Å². The quantitative estimate of drug-likeness (QED) is 0.189. The van der Waals surface area contributed by atoms with Crippen molar-refractivity contribution in [2.45, 2.75) is 63.9 Å². The summed E-state index contributed by atoms with van der Waals surface area (Å²) in [5.41, 5.74) is 4.41. The Morgan fingerprint density at radius 2 is 0.850 bits per heavy atom. The molecule has 1 aliphatic rings. The molecule has 5 nitrogen and oxygen atoms in total. The van der Waals surface area contributed by atoms with Crippen molar-refractivity contribution < 1.29 is 23.7 Å². The van der Waals surface area contributed by atoms with E-state index >= 15 is 0 Å². The van der Waals surface area contributed by atoms with Gasteiger partial charge in [0, 0.05) is 0 Å². The summed E-state index contributed by atoms with van der Waals surface area (Å²) >= 11 is 0. The molecule has 0 bridgehead atoms. The zero-order valence-corrected chi connectivity index (χ0v) is 23.0. The van der Waals surface area contributed by atoms with Gasteiger partial charge in [0.1, 0.15) is 24.4 Å². The predicted octanol–water partition coefficient (Wildman–Crippen LogP) is 6.75. The van der Waals surface area contributed by atoms with Gasteiger partial charge in [-0.05, 0) is 29.2 Å². The monoisotopic (exact) mass is 538 g/mol. The molecule has 1 fully saturated rings. The third-order valence-corrected chi connectivity index (χ3v) is 7.12. The fraction of sp³-hybridized carbons (Fsp3) is 0.314. The lowest BCUT2D eigenvalue weighted by Gasteiger charge is -2.45. The van der Waals surface area contributed by atoms with Crippen LogP contribution in [0.15, 0.2) is 121 Å². The minimum Gasteiger partial charge on any atom is -0.374 e. The van der Waals surface area contributed by atoms with Crippen molar-refractivity contribution in [3.05, 3.63) is 144 Å². The summed E-state index contributed by atoms with van der Waals surface area (Å²) in [5, 5.41) is 0. The first-order chi connectivity index (χ1) is 19.8. The van der Waals surface area contributed by atoms with Crippen molar-refractivity contribution in [1.29, 1.82) is 0 Å². The van der Waals surface area contributed by atoms with Crippen LogP contribution in [0.5, 0.6) is 0 Å². The van der Waals surface area contributed by atoms with Crippen molar-refractivity contribution >= 4 is 0 Å². The Kier molecular flexibility index (Phi) is 10.5. The maximum Gasteiger partial charge on any atom is 0.115 e. The van der Waals surface area contributed by atoms with Crippen LogP contribution < -0.4 is 0 Å². The zero-order chi connectivity index (χ0) is 27.4. The second kappa shape index (κ2) is 14.9. The number of hydrogen-bond donors (Lipinski definition) is 0. The van der Waals surface area contributed by atoms with E-state index in [2.05, 4.69) is 48.5 Å². The fourth-order valence-corrected chi connectivity index (χ4v) is 5.02. The lowest BCUT2D eigenvalue weighted by molar-refractivity contribution is -0.269. The van der Waals surface area contributed by atoms with Gasteiger partial charge in [0.05, 0.1) is 39.1 Å². The van der Waals surface area contributed by atoms with E-state index in [9.17, 15) is 0 Å². The molecular formula is C35H38O5. The largest absolute Gasteiger partial charge is 0.374 e. The summed E-state index contributed by atoms with van der Waals surface area (Å²) < 4.78 is 32.5. The average molecular weight is 539 g/mol. The van der Waals surface area contributed by atoms with E-state index in [0.29, 0.717) is 33.0 Å². The van der Waals surface area contributed by atoms with Gasteiger partial charge in [-0.3, -0.25) is 0 Å². The summed E-state index contributed by atoms with van der Waals surface area (Å²) in [7, 11) is 0. The van der Waals surface area contributed by atoms with Crippen LogP contribution in [0.1, 0.15) is 29.2 Å². The van der Waals surface area contributed by atoms with E-state index in [1.807, 2.05) is 79.7 Å². The predicted molar refractivity (Wildman–Crippen MR) is 155 cm³/mol. The summed E-state index contributed by atoms with van der Waals surface area (Å²) in [4.78, 5) is 0. The van der Waals surface area contributed by atoms with Crippen LogP contribution in [0.4, 0.5) is 0 Å². The molecule has 1 aliphatic heterocycles. The van der Waals surface area contributed by atoms with Gasteiger partial charge >= 0.3 is 0 Å². The molecule has 5 atom stereocenters. The summed E-state index contributed by atoms with van der Waals surface area (Å²) in [5.74, 6) is 0. The van der Waals surface area contributed by atoms with E-state index in [1.54, 1.807) is 0 Å².